The first kappa shape index (κ1) is 14.2. The highest BCUT2D eigenvalue weighted by atomic mass is 79.9. The summed E-state index contributed by atoms with van der Waals surface area (Å²) >= 11 is 3.33. The molecule has 2 aromatic rings. The quantitative estimate of drug-likeness (QED) is 0.897. The van der Waals surface area contributed by atoms with E-state index in [1.54, 1.807) is 6.92 Å². The van der Waals surface area contributed by atoms with E-state index in [9.17, 15) is 13.9 Å². The SMILES string of the molecule is CC(O)(Cc1ccc(Br)cc1)c1cc(F)cc(F)c1. The monoisotopic (exact) mass is 326 g/mol. The molecule has 0 saturated carbocycles. The van der Waals surface area contributed by atoms with E-state index < -0.39 is 17.2 Å². The van der Waals surface area contributed by atoms with E-state index >= 15 is 0 Å². The van der Waals surface area contributed by atoms with Crippen LogP contribution in [0.25, 0.3) is 0 Å². The first-order chi connectivity index (χ1) is 8.87. The smallest absolute Gasteiger partial charge is 0.126 e. The zero-order valence-electron chi connectivity index (χ0n) is 10.3. The molecular formula is C15H13BrF2O. The fraction of sp³-hybridized carbons (Fsp3) is 0.200. The fourth-order valence-corrected chi connectivity index (χ4v) is 2.23. The number of halogens is 3. The minimum Gasteiger partial charge on any atom is -0.385 e. The second-order valence-electron chi connectivity index (χ2n) is 4.74. The van der Waals surface area contributed by atoms with Crippen LogP contribution in [0.3, 0.4) is 0 Å². The normalized spacial score (nSPS) is 14.2. The average molecular weight is 327 g/mol. The summed E-state index contributed by atoms with van der Waals surface area (Å²) in [5, 5.41) is 10.4. The molecule has 1 atom stereocenters. The second-order valence-corrected chi connectivity index (χ2v) is 5.65. The van der Waals surface area contributed by atoms with Gasteiger partial charge in [0.2, 0.25) is 0 Å². The van der Waals surface area contributed by atoms with E-state index in [-0.39, 0.29) is 12.0 Å². The Bertz CT molecular complexity index is 559. The molecule has 1 unspecified atom stereocenters. The number of hydrogen-bond donors (Lipinski definition) is 1. The number of aliphatic hydroxyl groups is 1. The summed E-state index contributed by atoms with van der Waals surface area (Å²) in [6.07, 6.45) is 0.281. The molecule has 0 spiro atoms. The first-order valence-corrected chi connectivity index (χ1v) is 6.59. The van der Waals surface area contributed by atoms with Crippen molar-refractivity contribution in [1.82, 2.24) is 0 Å². The van der Waals surface area contributed by atoms with Crippen molar-refractivity contribution in [1.29, 1.82) is 0 Å². The molecule has 100 valence electrons. The van der Waals surface area contributed by atoms with Gasteiger partial charge in [0, 0.05) is 17.0 Å². The van der Waals surface area contributed by atoms with Crippen molar-refractivity contribution in [2.75, 3.05) is 0 Å². The lowest BCUT2D eigenvalue weighted by atomic mass is 9.89. The van der Waals surface area contributed by atoms with Crippen LogP contribution in [0.1, 0.15) is 18.1 Å². The third-order valence-electron chi connectivity index (χ3n) is 2.95. The molecule has 4 heteroatoms. The van der Waals surface area contributed by atoms with Crippen molar-refractivity contribution in [3.05, 3.63) is 69.7 Å². The van der Waals surface area contributed by atoms with Gasteiger partial charge in [-0.25, -0.2) is 8.78 Å². The molecule has 2 rings (SSSR count). The van der Waals surface area contributed by atoms with Crippen LogP contribution in [-0.4, -0.2) is 5.11 Å². The fourth-order valence-electron chi connectivity index (χ4n) is 1.97. The van der Waals surface area contributed by atoms with Gasteiger partial charge in [0.1, 0.15) is 11.6 Å². The first-order valence-electron chi connectivity index (χ1n) is 5.80. The van der Waals surface area contributed by atoms with Gasteiger partial charge in [-0.15, -0.1) is 0 Å². The molecule has 0 aliphatic heterocycles. The predicted octanol–water partition coefficient (Wildman–Crippen LogP) is 4.18. The van der Waals surface area contributed by atoms with Crippen LogP contribution >= 0.6 is 15.9 Å². The zero-order valence-corrected chi connectivity index (χ0v) is 11.9. The van der Waals surface area contributed by atoms with E-state index in [0.29, 0.717) is 0 Å². The molecule has 0 amide bonds. The second kappa shape index (κ2) is 5.39. The van der Waals surface area contributed by atoms with E-state index in [1.807, 2.05) is 24.3 Å². The van der Waals surface area contributed by atoms with Crippen molar-refractivity contribution < 1.29 is 13.9 Å². The molecule has 0 aliphatic carbocycles. The Labute approximate surface area is 119 Å². The summed E-state index contributed by atoms with van der Waals surface area (Å²) in [6, 6.07) is 10.5. The highest BCUT2D eigenvalue weighted by Crippen LogP contribution is 2.27. The van der Waals surface area contributed by atoms with Crippen LogP contribution in [0.4, 0.5) is 8.78 Å². The predicted molar refractivity (Wildman–Crippen MR) is 73.8 cm³/mol. The Hall–Kier alpha value is -1.26. The molecule has 0 aromatic heterocycles. The summed E-state index contributed by atoms with van der Waals surface area (Å²) < 4.78 is 27.3. The van der Waals surface area contributed by atoms with Crippen LogP contribution in [0.15, 0.2) is 46.9 Å². The van der Waals surface area contributed by atoms with Gasteiger partial charge in [-0.05, 0) is 42.3 Å². The maximum atomic E-state index is 13.2. The molecule has 0 aliphatic rings. The number of hydrogen-bond acceptors (Lipinski definition) is 1. The lowest BCUT2D eigenvalue weighted by Crippen LogP contribution is -2.24. The molecule has 2 aromatic carbocycles. The minimum absolute atomic E-state index is 0.230. The van der Waals surface area contributed by atoms with Crippen LogP contribution in [0.2, 0.25) is 0 Å². The lowest BCUT2D eigenvalue weighted by molar-refractivity contribution is 0.0569. The third-order valence-corrected chi connectivity index (χ3v) is 3.47. The Morgan fingerprint density at radius 1 is 1.05 bits per heavy atom. The van der Waals surface area contributed by atoms with Gasteiger partial charge in [-0.3, -0.25) is 0 Å². The van der Waals surface area contributed by atoms with E-state index in [4.69, 9.17) is 0 Å². The van der Waals surface area contributed by atoms with Gasteiger partial charge >= 0.3 is 0 Å². The van der Waals surface area contributed by atoms with Crippen LogP contribution in [0, 0.1) is 11.6 Å². The van der Waals surface area contributed by atoms with Crippen molar-refractivity contribution in [3.8, 4) is 0 Å². The molecule has 1 N–H and O–H groups in total. The largest absolute Gasteiger partial charge is 0.385 e. The summed E-state index contributed by atoms with van der Waals surface area (Å²) in [6.45, 7) is 1.54. The van der Waals surface area contributed by atoms with E-state index in [1.165, 1.54) is 0 Å². The molecule has 1 nitrogen and oxygen atoms in total. The molecular weight excluding hydrogens is 314 g/mol. The summed E-state index contributed by atoms with van der Waals surface area (Å²) in [4.78, 5) is 0. The topological polar surface area (TPSA) is 20.2 Å². The van der Waals surface area contributed by atoms with E-state index in [2.05, 4.69) is 15.9 Å². The van der Waals surface area contributed by atoms with Crippen molar-refractivity contribution >= 4 is 15.9 Å². The standard InChI is InChI=1S/C15H13BrF2O/c1-15(19,9-10-2-4-12(16)5-3-10)11-6-13(17)8-14(18)7-11/h2-8,19H,9H2,1H3. The van der Waals surface area contributed by atoms with Gasteiger partial charge in [0.15, 0.2) is 0 Å². The Balaban J connectivity index is 2.28. The Kier molecular flexibility index (Phi) is 4.02. The third kappa shape index (κ3) is 3.61. The van der Waals surface area contributed by atoms with Crippen LogP contribution in [0.5, 0.6) is 0 Å². The maximum Gasteiger partial charge on any atom is 0.126 e. The van der Waals surface area contributed by atoms with Gasteiger partial charge in [0.05, 0.1) is 5.60 Å². The van der Waals surface area contributed by atoms with Gasteiger partial charge in [-0.2, -0.15) is 0 Å². The number of benzene rings is 2. The van der Waals surface area contributed by atoms with Gasteiger partial charge < -0.3 is 5.11 Å². The van der Waals surface area contributed by atoms with Crippen molar-refractivity contribution in [3.63, 3.8) is 0 Å². The summed E-state index contributed by atoms with van der Waals surface area (Å²) in [5.41, 5.74) is -0.206. The van der Waals surface area contributed by atoms with Crippen LogP contribution in [-0.2, 0) is 12.0 Å². The minimum atomic E-state index is -1.32. The Morgan fingerprint density at radius 3 is 2.11 bits per heavy atom. The van der Waals surface area contributed by atoms with Gasteiger partial charge in [-0.1, -0.05) is 28.1 Å². The summed E-state index contributed by atoms with van der Waals surface area (Å²) in [7, 11) is 0. The summed E-state index contributed by atoms with van der Waals surface area (Å²) in [5.74, 6) is -1.38. The van der Waals surface area contributed by atoms with E-state index in [0.717, 1.165) is 28.2 Å². The molecule has 0 fully saturated rings. The molecule has 0 bridgehead atoms. The van der Waals surface area contributed by atoms with Crippen LogP contribution < -0.4 is 0 Å². The van der Waals surface area contributed by atoms with Gasteiger partial charge in [0.25, 0.3) is 0 Å². The zero-order chi connectivity index (χ0) is 14.0. The molecule has 0 saturated heterocycles. The average Bonchev–Trinajstić information content (AvgIpc) is 2.31. The lowest BCUT2D eigenvalue weighted by Gasteiger charge is -2.24. The maximum absolute atomic E-state index is 13.2. The number of rotatable bonds is 3. The molecule has 0 heterocycles. The van der Waals surface area contributed by atoms with Crippen molar-refractivity contribution in [2.24, 2.45) is 0 Å². The highest BCUT2D eigenvalue weighted by Gasteiger charge is 2.24. The van der Waals surface area contributed by atoms with Crippen molar-refractivity contribution in [2.45, 2.75) is 18.9 Å². The molecule has 0 radical (unpaired) electrons. The highest BCUT2D eigenvalue weighted by molar-refractivity contribution is 9.10. The Morgan fingerprint density at radius 2 is 1.58 bits per heavy atom. The molecule has 19 heavy (non-hydrogen) atoms.